The maximum absolute atomic E-state index is 12.4. The Morgan fingerprint density at radius 1 is 1.08 bits per heavy atom. The van der Waals surface area contributed by atoms with E-state index < -0.39 is 18.1 Å². The minimum absolute atomic E-state index is 0.335. The number of primary amides is 1. The second kappa shape index (κ2) is 11.6. The van der Waals surface area contributed by atoms with Gasteiger partial charge in [0.2, 0.25) is 5.91 Å². The fourth-order valence-corrected chi connectivity index (χ4v) is 2.68. The topological polar surface area (TPSA) is 81.4 Å². The zero-order valence-electron chi connectivity index (χ0n) is 14.8. The lowest BCUT2D eigenvalue weighted by Gasteiger charge is -2.20. The molecule has 0 aromatic heterocycles. The molecule has 1 rings (SSSR count). The summed E-state index contributed by atoms with van der Waals surface area (Å²) < 4.78 is 5.28. The van der Waals surface area contributed by atoms with E-state index in [9.17, 15) is 9.59 Å². The van der Waals surface area contributed by atoms with Crippen molar-refractivity contribution in [1.29, 1.82) is 0 Å². The molecule has 24 heavy (non-hydrogen) atoms. The summed E-state index contributed by atoms with van der Waals surface area (Å²) in [7, 11) is 1.48. The molecule has 5 heteroatoms. The van der Waals surface area contributed by atoms with Gasteiger partial charge in [0.1, 0.15) is 6.04 Å². The summed E-state index contributed by atoms with van der Waals surface area (Å²) in [6.45, 7) is 2.18. The maximum atomic E-state index is 12.4. The van der Waals surface area contributed by atoms with Gasteiger partial charge in [0.15, 0.2) is 6.10 Å². The zero-order chi connectivity index (χ0) is 17.8. The number of nitrogens with two attached hydrogens (primary N) is 1. The second-order valence-corrected chi connectivity index (χ2v) is 6.05. The number of benzene rings is 1. The molecule has 0 fully saturated rings. The molecule has 1 aromatic rings. The van der Waals surface area contributed by atoms with Crippen molar-refractivity contribution < 1.29 is 14.3 Å². The molecule has 134 valence electrons. The molecular weight excluding hydrogens is 304 g/mol. The monoisotopic (exact) mass is 334 g/mol. The molecule has 0 spiro atoms. The van der Waals surface area contributed by atoms with Gasteiger partial charge in [-0.05, 0) is 12.0 Å². The first kappa shape index (κ1) is 20.2. The SMILES string of the molecule is CCCCCCCC[C@@H](NC(=O)[C@H](OC)c1ccccc1)C(N)=O. The van der Waals surface area contributed by atoms with Gasteiger partial charge in [-0.2, -0.15) is 0 Å². The lowest BCUT2D eigenvalue weighted by molar-refractivity contribution is -0.135. The van der Waals surface area contributed by atoms with Gasteiger partial charge in [-0.3, -0.25) is 9.59 Å². The number of rotatable bonds is 12. The van der Waals surface area contributed by atoms with Crippen LogP contribution in [0, 0.1) is 0 Å². The number of amides is 2. The van der Waals surface area contributed by atoms with E-state index in [-0.39, 0.29) is 5.91 Å². The Bertz CT molecular complexity index is 491. The molecule has 0 aliphatic heterocycles. The van der Waals surface area contributed by atoms with E-state index in [2.05, 4.69) is 12.2 Å². The summed E-state index contributed by atoms with van der Waals surface area (Å²) >= 11 is 0. The first-order chi connectivity index (χ1) is 11.6. The van der Waals surface area contributed by atoms with Crippen molar-refractivity contribution in [2.75, 3.05) is 7.11 Å². The number of hydrogen-bond acceptors (Lipinski definition) is 3. The second-order valence-electron chi connectivity index (χ2n) is 6.05. The van der Waals surface area contributed by atoms with Crippen LogP contribution in [0.4, 0.5) is 0 Å². The molecule has 2 amide bonds. The summed E-state index contributed by atoms with van der Waals surface area (Å²) in [5, 5.41) is 2.73. The van der Waals surface area contributed by atoms with Gasteiger partial charge in [-0.1, -0.05) is 75.8 Å². The summed E-state index contributed by atoms with van der Waals surface area (Å²) in [4.78, 5) is 24.0. The predicted octanol–water partition coefficient (Wildman–Crippen LogP) is 3.09. The lowest BCUT2D eigenvalue weighted by atomic mass is 10.0. The zero-order valence-corrected chi connectivity index (χ0v) is 14.8. The van der Waals surface area contributed by atoms with Crippen molar-refractivity contribution in [3.8, 4) is 0 Å². The Morgan fingerprint density at radius 2 is 1.71 bits per heavy atom. The third-order valence-corrected chi connectivity index (χ3v) is 4.08. The Balaban J connectivity index is 2.51. The highest BCUT2D eigenvalue weighted by Gasteiger charge is 2.24. The van der Waals surface area contributed by atoms with Crippen molar-refractivity contribution in [3.05, 3.63) is 35.9 Å². The van der Waals surface area contributed by atoms with E-state index in [1.54, 1.807) is 0 Å². The van der Waals surface area contributed by atoms with Crippen LogP contribution in [0.25, 0.3) is 0 Å². The van der Waals surface area contributed by atoms with Crippen molar-refractivity contribution in [2.24, 2.45) is 5.73 Å². The van der Waals surface area contributed by atoms with Crippen LogP contribution in [0.5, 0.6) is 0 Å². The van der Waals surface area contributed by atoms with Gasteiger partial charge < -0.3 is 15.8 Å². The third-order valence-electron chi connectivity index (χ3n) is 4.08. The molecular formula is C19H30N2O3. The molecule has 0 saturated heterocycles. The number of nitrogens with one attached hydrogen (secondary N) is 1. The van der Waals surface area contributed by atoms with Crippen molar-refractivity contribution in [3.63, 3.8) is 0 Å². The maximum Gasteiger partial charge on any atom is 0.254 e. The molecule has 0 unspecified atom stereocenters. The van der Waals surface area contributed by atoms with Crippen LogP contribution in [0.3, 0.4) is 0 Å². The van der Waals surface area contributed by atoms with E-state index in [4.69, 9.17) is 10.5 Å². The molecule has 0 aliphatic carbocycles. The van der Waals surface area contributed by atoms with Gasteiger partial charge >= 0.3 is 0 Å². The molecule has 5 nitrogen and oxygen atoms in total. The van der Waals surface area contributed by atoms with Gasteiger partial charge in [0.25, 0.3) is 5.91 Å². The standard InChI is InChI=1S/C19H30N2O3/c1-3-4-5-6-7-11-14-16(18(20)22)21-19(23)17(24-2)15-12-9-8-10-13-15/h8-10,12-13,16-17H,3-7,11,14H2,1-2H3,(H2,20,22)(H,21,23)/t16-,17-/m1/s1. The normalized spacial score (nSPS) is 13.2. The van der Waals surface area contributed by atoms with E-state index in [1.165, 1.54) is 26.4 Å². The smallest absolute Gasteiger partial charge is 0.254 e. The molecule has 0 aliphatic rings. The van der Waals surface area contributed by atoms with Crippen LogP contribution in [0.2, 0.25) is 0 Å². The van der Waals surface area contributed by atoms with Crippen LogP contribution >= 0.6 is 0 Å². The highest BCUT2D eigenvalue weighted by molar-refractivity contribution is 5.89. The van der Waals surface area contributed by atoms with Crippen molar-refractivity contribution in [2.45, 2.75) is 64.0 Å². The van der Waals surface area contributed by atoms with Crippen LogP contribution in [-0.2, 0) is 14.3 Å². The van der Waals surface area contributed by atoms with E-state index in [0.29, 0.717) is 6.42 Å². The predicted molar refractivity (Wildman–Crippen MR) is 95.3 cm³/mol. The number of carbonyl (C=O) groups is 2. The fraction of sp³-hybridized carbons (Fsp3) is 0.579. The number of carbonyl (C=O) groups excluding carboxylic acids is 2. The molecule has 0 saturated carbocycles. The minimum atomic E-state index is -0.738. The number of unbranched alkanes of at least 4 members (excludes halogenated alkanes) is 5. The van der Waals surface area contributed by atoms with Crippen LogP contribution < -0.4 is 11.1 Å². The number of methoxy groups -OCH3 is 1. The summed E-state index contributed by atoms with van der Waals surface area (Å²) in [5.74, 6) is -0.835. The third kappa shape index (κ3) is 7.13. The molecule has 0 radical (unpaired) electrons. The van der Waals surface area contributed by atoms with Crippen LogP contribution in [0.15, 0.2) is 30.3 Å². The van der Waals surface area contributed by atoms with E-state index >= 15 is 0 Å². The molecule has 0 heterocycles. The molecule has 0 bridgehead atoms. The Kier molecular flexibility index (Phi) is 9.77. The van der Waals surface area contributed by atoms with Crippen LogP contribution in [0.1, 0.15) is 63.5 Å². The van der Waals surface area contributed by atoms with Crippen molar-refractivity contribution in [1.82, 2.24) is 5.32 Å². The fourth-order valence-electron chi connectivity index (χ4n) is 2.68. The average molecular weight is 334 g/mol. The first-order valence-corrected chi connectivity index (χ1v) is 8.77. The quantitative estimate of drug-likeness (QED) is 0.576. The molecule has 3 N–H and O–H groups in total. The highest BCUT2D eigenvalue weighted by atomic mass is 16.5. The highest BCUT2D eigenvalue weighted by Crippen LogP contribution is 2.17. The van der Waals surface area contributed by atoms with Gasteiger partial charge in [-0.25, -0.2) is 0 Å². The average Bonchev–Trinajstić information content (AvgIpc) is 2.58. The van der Waals surface area contributed by atoms with E-state index in [0.717, 1.165) is 24.8 Å². The first-order valence-electron chi connectivity index (χ1n) is 8.77. The number of ether oxygens (including phenoxy) is 1. The van der Waals surface area contributed by atoms with Gasteiger partial charge in [-0.15, -0.1) is 0 Å². The summed E-state index contributed by atoms with van der Waals surface area (Å²) in [6, 6.07) is 8.55. The Labute approximate surface area is 145 Å². The number of hydrogen-bond donors (Lipinski definition) is 2. The van der Waals surface area contributed by atoms with Gasteiger partial charge in [0.05, 0.1) is 0 Å². The summed E-state index contributed by atoms with van der Waals surface area (Å²) in [5.41, 5.74) is 6.18. The van der Waals surface area contributed by atoms with Gasteiger partial charge in [0, 0.05) is 7.11 Å². The Morgan fingerprint density at radius 3 is 2.29 bits per heavy atom. The molecule has 1 aromatic carbocycles. The van der Waals surface area contributed by atoms with E-state index in [1.807, 2.05) is 30.3 Å². The lowest BCUT2D eigenvalue weighted by Crippen LogP contribution is -2.46. The summed E-state index contributed by atoms with van der Waals surface area (Å²) in [6.07, 6.45) is 6.56. The van der Waals surface area contributed by atoms with Crippen molar-refractivity contribution >= 4 is 11.8 Å². The van der Waals surface area contributed by atoms with Crippen LogP contribution in [-0.4, -0.2) is 25.0 Å². The minimum Gasteiger partial charge on any atom is -0.368 e. The Hall–Kier alpha value is -1.88. The molecule has 2 atom stereocenters. The largest absolute Gasteiger partial charge is 0.368 e.